The molecule has 1 rings (SSSR count). The van der Waals surface area contributed by atoms with Gasteiger partial charge >= 0.3 is 0 Å². The first-order chi connectivity index (χ1) is 7.70. The van der Waals surface area contributed by atoms with Crippen LogP contribution in [0.5, 0.6) is 0 Å². The van der Waals surface area contributed by atoms with Gasteiger partial charge in [-0.25, -0.2) is 0 Å². The van der Waals surface area contributed by atoms with E-state index in [9.17, 15) is 4.80 Å². The molecule has 0 unspecified atom stereocenters. The molecule has 2 heteroatoms. The summed E-state index contributed by atoms with van der Waals surface area (Å²) < 4.78 is 0. The van der Waals surface area contributed by atoms with Crippen LogP contribution in [-0.2, 0) is 0 Å². The van der Waals surface area contributed by atoms with Crippen molar-refractivity contribution in [3.05, 3.63) is 61.2 Å². The molecule has 1 aromatic rings. The fourth-order valence-corrected chi connectivity index (χ4v) is 3.08. The van der Waals surface area contributed by atoms with Crippen molar-refractivity contribution >= 4 is 8.32 Å². The van der Waals surface area contributed by atoms with Crippen LogP contribution >= 0.6 is 0 Å². The van der Waals surface area contributed by atoms with E-state index in [0.717, 1.165) is 5.56 Å². The summed E-state index contributed by atoms with van der Waals surface area (Å²) in [6.45, 7) is 7.31. The lowest BCUT2D eigenvalue weighted by Crippen LogP contribution is -2.31. The molecular weight excluding hydrogens is 212 g/mol. The number of hydrogen-bond acceptors (Lipinski definition) is 1. The smallest absolute Gasteiger partial charge is 0.277 e. The molecule has 0 spiro atoms. The van der Waals surface area contributed by atoms with Gasteiger partial charge in [-0.1, -0.05) is 41.8 Å². The van der Waals surface area contributed by atoms with E-state index in [-0.39, 0.29) is 0 Å². The maximum absolute atomic E-state index is 10.3. The van der Waals surface area contributed by atoms with E-state index in [1.165, 1.54) is 0 Å². The van der Waals surface area contributed by atoms with E-state index in [1.807, 2.05) is 30.3 Å². The Hall–Kier alpha value is -1.56. The molecule has 0 amide bonds. The normalized spacial score (nSPS) is 10.1. The third-order valence-electron chi connectivity index (χ3n) is 2.18. The van der Waals surface area contributed by atoms with Crippen LogP contribution in [0.1, 0.15) is 5.56 Å². The molecule has 0 saturated carbocycles. The first-order valence-electron chi connectivity index (χ1n) is 5.22. The first-order valence-corrected chi connectivity index (χ1v) is 7.59. The van der Waals surface area contributed by atoms with E-state index < -0.39 is 8.32 Å². The Kier molecular flexibility index (Phi) is 4.78. The molecule has 1 nitrogen and oxygen atoms in total. The maximum Gasteiger partial charge on any atom is 0.277 e. The highest BCUT2D eigenvalue weighted by Gasteiger charge is 2.25. The molecule has 0 aliphatic heterocycles. The quantitative estimate of drug-likeness (QED) is 0.477. The van der Waals surface area contributed by atoms with Crippen molar-refractivity contribution in [2.45, 2.75) is 12.1 Å². The van der Waals surface area contributed by atoms with Crippen LogP contribution in [0.3, 0.4) is 0 Å². The zero-order valence-electron chi connectivity index (χ0n) is 9.32. The van der Waals surface area contributed by atoms with Crippen molar-refractivity contribution in [1.82, 2.24) is 0 Å². The highest BCUT2D eigenvalue weighted by atomic mass is 28.4. The molecule has 0 bridgehead atoms. The standard InChI is InChI=1S/C14H16OSi/c1-3-11-16(15,12-4-2)13-10-14-8-6-5-7-9-14/h3-9,15H,1-2,11-12H2. The van der Waals surface area contributed by atoms with E-state index in [2.05, 4.69) is 24.6 Å². The second-order valence-corrected chi connectivity index (χ2v) is 6.76. The highest BCUT2D eigenvalue weighted by Crippen LogP contribution is 2.12. The van der Waals surface area contributed by atoms with E-state index >= 15 is 0 Å². The van der Waals surface area contributed by atoms with E-state index in [4.69, 9.17) is 0 Å². The van der Waals surface area contributed by atoms with Gasteiger partial charge in [-0.3, -0.25) is 0 Å². The van der Waals surface area contributed by atoms with Gasteiger partial charge in [-0.05, 0) is 24.2 Å². The molecule has 0 fully saturated rings. The van der Waals surface area contributed by atoms with Gasteiger partial charge in [0.1, 0.15) is 0 Å². The molecule has 0 aliphatic rings. The number of allylic oxidation sites excluding steroid dienone is 2. The Morgan fingerprint density at radius 3 is 2.19 bits per heavy atom. The Balaban J connectivity index is 2.87. The highest BCUT2D eigenvalue weighted by molar-refractivity contribution is 6.81. The fraction of sp³-hybridized carbons (Fsp3) is 0.143. The maximum atomic E-state index is 10.3. The Morgan fingerprint density at radius 1 is 1.12 bits per heavy atom. The Labute approximate surface area is 98.3 Å². The monoisotopic (exact) mass is 228 g/mol. The lowest BCUT2D eigenvalue weighted by molar-refractivity contribution is 0.558. The first kappa shape index (κ1) is 12.5. The van der Waals surface area contributed by atoms with Gasteiger partial charge in [0.15, 0.2) is 0 Å². The van der Waals surface area contributed by atoms with Crippen LogP contribution in [0, 0.1) is 11.5 Å². The molecule has 1 N–H and O–H groups in total. The lowest BCUT2D eigenvalue weighted by Gasteiger charge is -2.13. The summed E-state index contributed by atoms with van der Waals surface area (Å²) in [5.41, 5.74) is 3.95. The largest absolute Gasteiger partial charge is 0.421 e. The van der Waals surface area contributed by atoms with Gasteiger partial charge in [-0.2, -0.15) is 0 Å². The van der Waals surface area contributed by atoms with Crippen LogP contribution in [0.15, 0.2) is 55.6 Å². The second-order valence-electron chi connectivity index (χ2n) is 3.63. The van der Waals surface area contributed by atoms with E-state index in [1.54, 1.807) is 12.2 Å². The fourth-order valence-electron chi connectivity index (χ4n) is 1.37. The number of rotatable bonds is 4. The summed E-state index contributed by atoms with van der Waals surface area (Å²) in [5.74, 6) is 3.02. The third-order valence-corrected chi connectivity index (χ3v) is 4.70. The average molecular weight is 228 g/mol. The van der Waals surface area contributed by atoms with Crippen molar-refractivity contribution in [2.75, 3.05) is 0 Å². The van der Waals surface area contributed by atoms with Crippen molar-refractivity contribution in [3.8, 4) is 11.5 Å². The van der Waals surface area contributed by atoms with Crippen molar-refractivity contribution in [3.63, 3.8) is 0 Å². The molecule has 1 aromatic carbocycles. The summed E-state index contributed by atoms with van der Waals surface area (Å²) in [4.78, 5) is 10.3. The van der Waals surface area contributed by atoms with Crippen LogP contribution < -0.4 is 0 Å². The van der Waals surface area contributed by atoms with Gasteiger partial charge in [0, 0.05) is 5.56 Å². The van der Waals surface area contributed by atoms with Gasteiger partial charge < -0.3 is 4.80 Å². The zero-order valence-corrected chi connectivity index (χ0v) is 10.3. The second kappa shape index (κ2) is 6.11. The molecule has 0 aliphatic carbocycles. The minimum absolute atomic E-state index is 0.582. The minimum Gasteiger partial charge on any atom is -0.421 e. The summed E-state index contributed by atoms with van der Waals surface area (Å²) in [6, 6.07) is 10.9. The average Bonchev–Trinajstić information content (AvgIpc) is 2.29. The number of hydrogen-bond donors (Lipinski definition) is 1. The predicted octanol–water partition coefficient (Wildman–Crippen LogP) is 2.89. The lowest BCUT2D eigenvalue weighted by atomic mass is 10.2. The Morgan fingerprint density at radius 2 is 1.69 bits per heavy atom. The topological polar surface area (TPSA) is 20.2 Å². The summed E-state index contributed by atoms with van der Waals surface area (Å²) in [7, 11) is -2.53. The van der Waals surface area contributed by atoms with Crippen LogP contribution in [0.2, 0.25) is 12.1 Å². The minimum atomic E-state index is -2.53. The molecule has 0 aromatic heterocycles. The van der Waals surface area contributed by atoms with Crippen molar-refractivity contribution < 1.29 is 4.80 Å². The third kappa shape index (κ3) is 3.89. The molecule has 0 radical (unpaired) electrons. The molecular formula is C14H16OSi. The Bertz CT molecular complexity index is 401. The van der Waals surface area contributed by atoms with Gasteiger partial charge in [0.2, 0.25) is 0 Å². The van der Waals surface area contributed by atoms with Crippen molar-refractivity contribution in [2.24, 2.45) is 0 Å². The summed E-state index contributed by atoms with van der Waals surface area (Å²) in [6.07, 6.45) is 3.46. The van der Waals surface area contributed by atoms with Gasteiger partial charge in [0.05, 0.1) is 0 Å². The molecule has 0 heterocycles. The SMILES string of the molecule is C=CC[Si](O)(C#Cc1ccccc1)CC=C. The molecule has 0 saturated heterocycles. The number of benzene rings is 1. The van der Waals surface area contributed by atoms with Crippen LogP contribution in [0.25, 0.3) is 0 Å². The molecule has 16 heavy (non-hydrogen) atoms. The van der Waals surface area contributed by atoms with Crippen LogP contribution in [-0.4, -0.2) is 13.1 Å². The van der Waals surface area contributed by atoms with Crippen molar-refractivity contribution in [1.29, 1.82) is 0 Å². The van der Waals surface area contributed by atoms with E-state index in [0.29, 0.717) is 12.1 Å². The zero-order chi connectivity index (χ0) is 11.9. The summed E-state index contributed by atoms with van der Waals surface area (Å²) >= 11 is 0. The van der Waals surface area contributed by atoms with Gasteiger partial charge in [-0.15, -0.1) is 13.2 Å². The molecule has 82 valence electrons. The van der Waals surface area contributed by atoms with Gasteiger partial charge in [0.25, 0.3) is 8.32 Å². The predicted molar refractivity (Wildman–Crippen MR) is 71.3 cm³/mol. The summed E-state index contributed by atoms with van der Waals surface area (Å²) in [5, 5.41) is 0. The molecule has 0 atom stereocenters. The van der Waals surface area contributed by atoms with Crippen LogP contribution in [0.4, 0.5) is 0 Å².